The molecule has 0 fully saturated rings. The van der Waals surface area contributed by atoms with Crippen molar-refractivity contribution in [2.45, 2.75) is 43.7 Å². The number of benzene rings is 3. The highest BCUT2D eigenvalue weighted by atomic mass is 32.2. The van der Waals surface area contributed by atoms with Gasteiger partial charge in [0, 0.05) is 19.5 Å². The first-order valence-electron chi connectivity index (χ1n) is 12.0. The van der Waals surface area contributed by atoms with Crippen LogP contribution in [0.15, 0.2) is 65.6 Å². The third kappa shape index (κ3) is 4.82. The third-order valence-corrected chi connectivity index (χ3v) is 8.65. The minimum atomic E-state index is -3.80. The highest BCUT2D eigenvalue weighted by Crippen LogP contribution is 2.34. The van der Waals surface area contributed by atoms with Gasteiger partial charge in [-0.15, -0.1) is 5.10 Å². The van der Waals surface area contributed by atoms with Crippen molar-refractivity contribution in [2.24, 2.45) is 7.05 Å². The van der Waals surface area contributed by atoms with Crippen molar-refractivity contribution in [3.8, 4) is 5.75 Å². The largest absolute Gasteiger partial charge is 0.488 e. The fourth-order valence-corrected chi connectivity index (χ4v) is 6.45. The number of hydrogen-bond acceptors (Lipinski definition) is 6. The van der Waals surface area contributed by atoms with Gasteiger partial charge in [0.05, 0.1) is 18.5 Å². The molecule has 2 atom stereocenters. The standard InChI is InChI=1S/C27H28N4O5S/c1-17-8-9-19(22(14-27(32)33)20-10-11-24-23(13-20)28-29-30(24)3)12-21(17)16-31-15-18(2)36-25-6-4-5-7-26(25)37(31,34)35/h4-13,18,22H,14-16H2,1-3H3,(H,32,33). The maximum Gasteiger partial charge on any atom is 0.304 e. The molecule has 4 aromatic rings. The Morgan fingerprint density at radius 2 is 1.86 bits per heavy atom. The lowest BCUT2D eigenvalue weighted by Crippen LogP contribution is -2.35. The van der Waals surface area contributed by atoms with Crippen LogP contribution in [0.5, 0.6) is 5.75 Å². The first-order chi connectivity index (χ1) is 17.6. The number of carbonyl (C=O) groups is 1. The van der Waals surface area contributed by atoms with Crippen molar-refractivity contribution in [1.82, 2.24) is 19.3 Å². The minimum absolute atomic E-state index is 0.117. The SMILES string of the molecule is Cc1ccc(C(CC(=O)O)c2ccc3c(c2)nnn3C)cc1CN1CC(C)Oc2ccccc2S1(=O)=O. The molecular formula is C27H28N4O5S. The van der Waals surface area contributed by atoms with E-state index in [1.54, 1.807) is 36.0 Å². The first-order valence-corrected chi connectivity index (χ1v) is 13.4. The van der Waals surface area contributed by atoms with Crippen molar-refractivity contribution >= 4 is 27.0 Å². The van der Waals surface area contributed by atoms with Crippen LogP contribution < -0.4 is 4.74 Å². The lowest BCUT2D eigenvalue weighted by atomic mass is 9.86. The van der Waals surface area contributed by atoms with Gasteiger partial charge >= 0.3 is 5.97 Å². The summed E-state index contributed by atoms with van der Waals surface area (Å²) in [7, 11) is -1.99. The van der Waals surface area contributed by atoms with Crippen LogP contribution in [0.25, 0.3) is 11.0 Å². The fourth-order valence-electron chi connectivity index (χ4n) is 4.83. The second kappa shape index (κ2) is 9.60. The molecule has 9 nitrogen and oxygen atoms in total. The van der Waals surface area contributed by atoms with Gasteiger partial charge in [-0.1, -0.05) is 41.6 Å². The monoisotopic (exact) mass is 520 g/mol. The Morgan fingerprint density at radius 3 is 2.65 bits per heavy atom. The van der Waals surface area contributed by atoms with Crippen LogP contribution in [0.1, 0.15) is 41.5 Å². The van der Waals surface area contributed by atoms with Gasteiger partial charge in [-0.25, -0.2) is 13.1 Å². The molecule has 10 heteroatoms. The van der Waals surface area contributed by atoms with Crippen LogP contribution in [0, 0.1) is 6.92 Å². The zero-order valence-corrected chi connectivity index (χ0v) is 21.6. The molecule has 2 heterocycles. The zero-order valence-electron chi connectivity index (χ0n) is 20.8. The van der Waals surface area contributed by atoms with E-state index in [0.717, 1.165) is 27.8 Å². The predicted molar refractivity (Wildman–Crippen MR) is 138 cm³/mol. The molecule has 2 unspecified atom stereocenters. The number of nitrogens with zero attached hydrogens (tertiary/aromatic N) is 4. The maximum atomic E-state index is 13.6. The number of aromatic nitrogens is 3. The lowest BCUT2D eigenvalue weighted by molar-refractivity contribution is -0.137. The molecule has 37 heavy (non-hydrogen) atoms. The topological polar surface area (TPSA) is 115 Å². The molecule has 0 saturated heterocycles. The van der Waals surface area contributed by atoms with Crippen molar-refractivity contribution in [3.05, 3.63) is 82.9 Å². The highest BCUT2D eigenvalue weighted by molar-refractivity contribution is 7.89. The molecule has 1 N–H and O–H groups in total. The van der Waals surface area contributed by atoms with Crippen LogP contribution >= 0.6 is 0 Å². The van der Waals surface area contributed by atoms with Gasteiger partial charge in [0.15, 0.2) is 0 Å². The number of carboxylic acids is 1. The maximum absolute atomic E-state index is 13.6. The highest BCUT2D eigenvalue weighted by Gasteiger charge is 2.33. The number of aryl methyl sites for hydroxylation is 2. The van der Waals surface area contributed by atoms with E-state index >= 15 is 0 Å². The Hall–Kier alpha value is -3.76. The number of carboxylic acid groups (broad SMARTS) is 1. The van der Waals surface area contributed by atoms with E-state index in [1.807, 2.05) is 50.2 Å². The Kier molecular flexibility index (Phi) is 6.47. The number of fused-ring (bicyclic) bond motifs is 2. The van der Waals surface area contributed by atoms with Crippen LogP contribution in [0.3, 0.4) is 0 Å². The van der Waals surface area contributed by atoms with Crippen molar-refractivity contribution in [3.63, 3.8) is 0 Å². The van der Waals surface area contributed by atoms with E-state index in [-0.39, 0.29) is 30.5 Å². The zero-order chi connectivity index (χ0) is 26.3. The number of aliphatic carboxylic acids is 1. The number of para-hydroxylation sites is 1. The van der Waals surface area contributed by atoms with E-state index < -0.39 is 21.9 Å². The summed E-state index contributed by atoms with van der Waals surface area (Å²) in [6.07, 6.45) is -0.450. The van der Waals surface area contributed by atoms with Crippen LogP contribution in [-0.4, -0.2) is 51.4 Å². The summed E-state index contributed by atoms with van der Waals surface area (Å²) in [5.41, 5.74) is 4.87. The Labute approximate surface area is 215 Å². The van der Waals surface area contributed by atoms with Gasteiger partial charge in [0.25, 0.3) is 0 Å². The Bertz CT molecular complexity index is 1600. The summed E-state index contributed by atoms with van der Waals surface area (Å²) in [5, 5.41) is 17.9. The summed E-state index contributed by atoms with van der Waals surface area (Å²) >= 11 is 0. The Balaban J connectivity index is 1.53. The van der Waals surface area contributed by atoms with Gasteiger partial charge in [-0.3, -0.25) is 4.79 Å². The van der Waals surface area contributed by atoms with Crippen LogP contribution in [-0.2, 0) is 28.4 Å². The summed E-state index contributed by atoms with van der Waals surface area (Å²) in [6, 6.07) is 18.1. The molecule has 1 aliphatic heterocycles. The fraction of sp³-hybridized carbons (Fsp3) is 0.296. The van der Waals surface area contributed by atoms with Crippen LogP contribution in [0.2, 0.25) is 0 Å². The molecule has 1 aromatic heterocycles. The minimum Gasteiger partial charge on any atom is -0.488 e. The lowest BCUT2D eigenvalue weighted by Gasteiger charge is -2.24. The Morgan fingerprint density at radius 1 is 1.14 bits per heavy atom. The molecular weight excluding hydrogens is 492 g/mol. The van der Waals surface area contributed by atoms with E-state index in [9.17, 15) is 18.3 Å². The number of sulfonamides is 1. The van der Waals surface area contributed by atoms with Gasteiger partial charge < -0.3 is 9.84 Å². The summed E-state index contributed by atoms with van der Waals surface area (Å²) < 4.78 is 36.1. The molecule has 0 radical (unpaired) electrons. The van der Waals surface area contributed by atoms with E-state index in [2.05, 4.69) is 10.3 Å². The normalized spacial score (nSPS) is 18.1. The summed E-state index contributed by atoms with van der Waals surface area (Å²) in [6.45, 7) is 4.12. The average Bonchev–Trinajstić information content (AvgIpc) is 3.19. The molecule has 0 amide bonds. The van der Waals surface area contributed by atoms with Crippen LogP contribution in [0.4, 0.5) is 0 Å². The molecule has 0 aliphatic carbocycles. The van der Waals surface area contributed by atoms with Crippen molar-refractivity contribution < 1.29 is 23.1 Å². The van der Waals surface area contributed by atoms with Crippen molar-refractivity contribution in [1.29, 1.82) is 0 Å². The van der Waals surface area contributed by atoms with Gasteiger partial charge in [0.1, 0.15) is 22.3 Å². The number of ether oxygens (including phenoxy) is 1. The smallest absolute Gasteiger partial charge is 0.304 e. The van der Waals surface area contributed by atoms with E-state index in [0.29, 0.717) is 11.3 Å². The first kappa shape index (κ1) is 24.9. The average molecular weight is 521 g/mol. The van der Waals surface area contributed by atoms with Gasteiger partial charge in [-0.05, 0) is 60.4 Å². The number of hydrogen-bond donors (Lipinski definition) is 1. The van der Waals surface area contributed by atoms with Gasteiger partial charge in [-0.2, -0.15) is 4.31 Å². The third-order valence-electron chi connectivity index (χ3n) is 6.79. The second-order valence-corrected chi connectivity index (χ2v) is 11.4. The number of rotatable bonds is 6. The summed E-state index contributed by atoms with van der Waals surface area (Å²) in [4.78, 5) is 12.0. The predicted octanol–water partition coefficient (Wildman–Crippen LogP) is 3.86. The molecule has 0 bridgehead atoms. The summed E-state index contributed by atoms with van der Waals surface area (Å²) in [5.74, 6) is -1.01. The van der Waals surface area contributed by atoms with E-state index in [1.165, 1.54) is 4.31 Å². The molecule has 5 rings (SSSR count). The van der Waals surface area contributed by atoms with Gasteiger partial charge in [0.2, 0.25) is 10.0 Å². The quantitative estimate of drug-likeness (QED) is 0.411. The molecule has 0 saturated carbocycles. The molecule has 0 spiro atoms. The molecule has 3 aromatic carbocycles. The van der Waals surface area contributed by atoms with E-state index in [4.69, 9.17) is 4.74 Å². The molecule has 1 aliphatic rings. The second-order valence-electron chi connectivity index (χ2n) is 9.47. The van der Waals surface area contributed by atoms with Crippen molar-refractivity contribution in [2.75, 3.05) is 6.54 Å². The molecule has 192 valence electrons.